The summed E-state index contributed by atoms with van der Waals surface area (Å²) in [4.78, 5) is 27.3. The number of hydrogen-bond donors (Lipinski definition) is 1. The van der Waals surface area contributed by atoms with Crippen LogP contribution in [0.3, 0.4) is 0 Å². The summed E-state index contributed by atoms with van der Waals surface area (Å²) in [6.45, 7) is 1.31. The number of carbonyl (C=O) groups excluding carboxylic acids is 2. The number of pyridine rings is 1. The monoisotopic (exact) mass is 264 g/mol. The van der Waals surface area contributed by atoms with E-state index in [1.165, 1.54) is 13.2 Å². The van der Waals surface area contributed by atoms with E-state index in [0.717, 1.165) is 12.8 Å². The summed E-state index contributed by atoms with van der Waals surface area (Å²) >= 11 is 0. The molecule has 1 aromatic rings. The molecule has 19 heavy (non-hydrogen) atoms. The number of hydrogen-bond acceptors (Lipinski definition) is 5. The first kappa shape index (κ1) is 13.5. The first-order chi connectivity index (χ1) is 9.20. The maximum absolute atomic E-state index is 12.0. The van der Waals surface area contributed by atoms with Crippen LogP contribution in [0, 0.1) is 0 Å². The minimum Gasteiger partial charge on any atom is -0.464 e. The quantitative estimate of drug-likeness (QED) is 0.816. The maximum atomic E-state index is 12.0. The van der Waals surface area contributed by atoms with Crippen molar-refractivity contribution < 1.29 is 19.1 Å². The molecular weight excluding hydrogens is 248 g/mol. The molecule has 0 aliphatic carbocycles. The van der Waals surface area contributed by atoms with Gasteiger partial charge in [-0.1, -0.05) is 6.07 Å². The van der Waals surface area contributed by atoms with Gasteiger partial charge in [0.15, 0.2) is 0 Å². The van der Waals surface area contributed by atoms with E-state index in [2.05, 4.69) is 15.0 Å². The van der Waals surface area contributed by atoms with E-state index in [1.807, 2.05) is 0 Å². The first-order valence-electron chi connectivity index (χ1n) is 6.14. The highest BCUT2D eigenvalue weighted by Gasteiger charge is 2.18. The van der Waals surface area contributed by atoms with E-state index in [4.69, 9.17) is 4.74 Å². The predicted octanol–water partition coefficient (Wildman–Crippen LogP) is 0.777. The molecule has 6 nitrogen and oxygen atoms in total. The number of nitrogens with one attached hydrogen (secondary N) is 1. The molecule has 0 radical (unpaired) electrons. The Labute approximate surface area is 111 Å². The van der Waals surface area contributed by atoms with Gasteiger partial charge in [-0.25, -0.2) is 9.78 Å². The second kappa shape index (κ2) is 6.29. The van der Waals surface area contributed by atoms with Gasteiger partial charge in [-0.2, -0.15) is 0 Å². The Hall–Kier alpha value is -1.95. The number of aromatic nitrogens is 1. The van der Waals surface area contributed by atoms with Gasteiger partial charge < -0.3 is 14.8 Å². The van der Waals surface area contributed by atoms with Crippen LogP contribution in [0.15, 0.2) is 18.2 Å². The lowest BCUT2D eigenvalue weighted by Gasteiger charge is -2.22. The van der Waals surface area contributed by atoms with Crippen LogP contribution >= 0.6 is 0 Å². The third-order valence-electron chi connectivity index (χ3n) is 2.93. The van der Waals surface area contributed by atoms with Crippen molar-refractivity contribution in [2.75, 3.05) is 20.3 Å². The number of rotatable bonds is 3. The van der Waals surface area contributed by atoms with Crippen LogP contribution < -0.4 is 5.32 Å². The number of amides is 1. The van der Waals surface area contributed by atoms with Crippen LogP contribution in [0.2, 0.25) is 0 Å². The predicted molar refractivity (Wildman–Crippen MR) is 66.9 cm³/mol. The molecule has 0 unspecified atom stereocenters. The third kappa shape index (κ3) is 3.51. The largest absolute Gasteiger partial charge is 0.464 e. The normalized spacial score (nSPS) is 15.8. The lowest BCUT2D eigenvalue weighted by molar-refractivity contribution is 0.0594. The van der Waals surface area contributed by atoms with Crippen molar-refractivity contribution in [3.05, 3.63) is 29.6 Å². The zero-order valence-electron chi connectivity index (χ0n) is 10.7. The molecule has 1 saturated heterocycles. The summed E-state index contributed by atoms with van der Waals surface area (Å²) < 4.78 is 9.80. The van der Waals surface area contributed by atoms with Crippen LogP contribution in [0.5, 0.6) is 0 Å². The maximum Gasteiger partial charge on any atom is 0.356 e. The number of ether oxygens (including phenoxy) is 2. The van der Waals surface area contributed by atoms with Gasteiger partial charge in [0, 0.05) is 19.3 Å². The van der Waals surface area contributed by atoms with Gasteiger partial charge >= 0.3 is 5.97 Å². The Morgan fingerprint density at radius 3 is 2.68 bits per heavy atom. The molecule has 1 amide bonds. The number of carbonyl (C=O) groups is 2. The Morgan fingerprint density at radius 2 is 2.00 bits per heavy atom. The van der Waals surface area contributed by atoms with Crippen LogP contribution in [-0.4, -0.2) is 43.2 Å². The topological polar surface area (TPSA) is 77.5 Å². The molecule has 0 bridgehead atoms. The summed E-state index contributed by atoms with van der Waals surface area (Å²) in [7, 11) is 1.28. The van der Waals surface area contributed by atoms with Crippen molar-refractivity contribution in [3.63, 3.8) is 0 Å². The van der Waals surface area contributed by atoms with Gasteiger partial charge in [-0.3, -0.25) is 4.79 Å². The minimum absolute atomic E-state index is 0.102. The number of methoxy groups -OCH3 is 1. The van der Waals surface area contributed by atoms with Crippen molar-refractivity contribution in [3.8, 4) is 0 Å². The molecule has 2 rings (SSSR count). The standard InChI is InChI=1S/C13H16N2O4/c1-18-13(17)11-4-2-3-10(15-11)12(16)14-9-5-7-19-8-6-9/h2-4,9H,5-8H2,1H3,(H,14,16). The van der Waals surface area contributed by atoms with Crippen molar-refractivity contribution in [2.24, 2.45) is 0 Å². The van der Waals surface area contributed by atoms with Gasteiger partial charge in [-0.15, -0.1) is 0 Å². The Kier molecular flexibility index (Phi) is 4.46. The van der Waals surface area contributed by atoms with Crippen molar-refractivity contribution in [1.82, 2.24) is 10.3 Å². The van der Waals surface area contributed by atoms with E-state index in [1.54, 1.807) is 12.1 Å². The Balaban J connectivity index is 2.04. The second-order valence-corrected chi connectivity index (χ2v) is 4.26. The molecule has 1 fully saturated rings. The minimum atomic E-state index is -0.555. The first-order valence-corrected chi connectivity index (χ1v) is 6.14. The fourth-order valence-corrected chi connectivity index (χ4v) is 1.88. The number of esters is 1. The fourth-order valence-electron chi connectivity index (χ4n) is 1.88. The molecule has 0 aromatic carbocycles. The molecule has 0 atom stereocenters. The molecule has 1 aromatic heterocycles. The fraction of sp³-hybridized carbons (Fsp3) is 0.462. The van der Waals surface area contributed by atoms with Gasteiger partial charge in [0.25, 0.3) is 5.91 Å². The molecule has 2 heterocycles. The van der Waals surface area contributed by atoms with E-state index in [9.17, 15) is 9.59 Å². The second-order valence-electron chi connectivity index (χ2n) is 4.26. The Bertz CT molecular complexity index is 469. The van der Waals surface area contributed by atoms with E-state index in [-0.39, 0.29) is 23.3 Å². The number of nitrogens with zero attached hydrogens (tertiary/aromatic N) is 1. The lowest BCUT2D eigenvalue weighted by Crippen LogP contribution is -2.39. The van der Waals surface area contributed by atoms with Crippen LogP contribution in [0.1, 0.15) is 33.8 Å². The summed E-state index contributed by atoms with van der Waals surface area (Å²) in [5, 5.41) is 2.89. The average molecular weight is 264 g/mol. The molecule has 0 saturated carbocycles. The summed E-state index contributed by atoms with van der Waals surface area (Å²) in [6.07, 6.45) is 1.59. The molecule has 1 aliphatic heterocycles. The van der Waals surface area contributed by atoms with Gasteiger partial charge in [0.1, 0.15) is 11.4 Å². The van der Waals surface area contributed by atoms with E-state index >= 15 is 0 Å². The Morgan fingerprint density at radius 1 is 1.32 bits per heavy atom. The lowest BCUT2D eigenvalue weighted by atomic mass is 10.1. The van der Waals surface area contributed by atoms with Gasteiger partial charge in [0.2, 0.25) is 0 Å². The molecule has 1 N–H and O–H groups in total. The van der Waals surface area contributed by atoms with Crippen LogP contribution in [-0.2, 0) is 9.47 Å². The van der Waals surface area contributed by atoms with Crippen molar-refractivity contribution in [2.45, 2.75) is 18.9 Å². The zero-order valence-corrected chi connectivity index (χ0v) is 10.7. The van der Waals surface area contributed by atoms with Crippen molar-refractivity contribution >= 4 is 11.9 Å². The highest BCUT2D eigenvalue weighted by molar-refractivity contribution is 5.94. The highest BCUT2D eigenvalue weighted by atomic mass is 16.5. The van der Waals surface area contributed by atoms with E-state index in [0.29, 0.717) is 13.2 Å². The molecule has 1 aliphatic rings. The van der Waals surface area contributed by atoms with E-state index < -0.39 is 5.97 Å². The molecular formula is C13H16N2O4. The van der Waals surface area contributed by atoms with Crippen LogP contribution in [0.4, 0.5) is 0 Å². The molecule has 0 spiro atoms. The summed E-state index contributed by atoms with van der Waals surface area (Å²) in [6, 6.07) is 4.79. The molecule has 102 valence electrons. The summed E-state index contributed by atoms with van der Waals surface area (Å²) in [5.41, 5.74) is 0.344. The van der Waals surface area contributed by atoms with Gasteiger partial charge in [0.05, 0.1) is 7.11 Å². The highest BCUT2D eigenvalue weighted by Crippen LogP contribution is 2.08. The third-order valence-corrected chi connectivity index (χ3v) is 2.93. The van der Waals surface area contributed by atoms with Crippen LogP contribution in [0.25, 0.3) is 0 Å². The smallest absolute Gasteiger partial charge is 0.356 e. The van der Waals surface area contributed by atoms with Crippen molar-refractivity contribution in [1.29, 1.82) is 0 Å². The summed E-state index contributed by atoms with van der Waals surface area (Å²) in [5.74, 6) is -0.835. The average Bonchev–Trinajstić information content (AvgIpc) is 2.47. The molecule has 6 heteroatoms. The zero-order chi connectivity index (χ0) is 13.7. The SMILES string of the molecule is COC(=O)c1cccc(C(=O)NC2CCOCC2)n1. The van der Waals surface area contributed by atoms with Gasteiger partial charge in [-0.05, 0) is 25.0 Å².